The summed E-state index contributed by atoms with van der Waals surface area (Å²) in [5.74, 6) is 0.781. The molecular formula is C13H17ClN2O2S. The molecular weight excluding hydrogens is 284 g/mol. The zero-order valence-corrected chi connectivity index (χ0v) is 12.3. The molecule has 3 N–H and O–H groups in total. The van der Waals surface area contributed by atoms with Gasteiger partial charge in [-0.3, -0.25) is 4.79 Å². The molecule has 2 atom stereocenters. The summed E-state index contributed by atoms with van der Waals surface area (Å²) in [6, 6.07) is 5.12. The number of thioether (sulfide) groups is 1. The number of benzene rings is 1. The van der Waals surface area contributed by atoms with Crippen molar-refractivity contribution in [1.82, 2.24) is 5.32 Å². The van der Waals surface area contributed by atoms with E-state index in [-0.39, 0.29) is 18.6 Å². The van der Waals surface area contributed by atoms with Gasteiger partial charge >= 0.3 is 0 Å². The van der Waals surface area contributed by atoms with E-state index in [1.807, 2.05) is 18.2 Å². The quantitative estimate of drug-likeness (QED) is 0.892. The number of nitrogens with two attached hydrogens (primary N) is 1. The van der Waals surface area contributed by atoms with Gasteiger partial charge in [0.1, 0.15) is 6.04 Å². The molecule has 0 aromatic heterocycles. The van der Waals surface area contributed by atoms with Crippen molar-refractivity contribution in [3.05, 3.63) is 28.8 Å². The number of fused-ring (bicyclic) bond motifs is 1. The molecule has 1 heterocycles. The fraction of sp³-hybridized carbons (Fsp3) is 0.462. The summed E-state index contributed by atoms with van der Waals surface area (Å²) < 4.78 is 4.89. The molecule has 1 aromatic carbocycles. The van der Waals surface area contributed by atoms with Crippen molar-refractivity contribution in [1.29, 1.82) is 0 Å². The first-order valence-corrected chi connectivity index (χ1v) is 7.45. The largest absolute Gasteiger partial charge is 0.383 e. The maximum absolute atomic E-state index is 11.9. The molecule has 0 aliphatic carbocycles. The Bertz CT molecular complexity index is 470. The number of hydrogen-bond donors (Lipinski definition) is 2. The predicted molar refractivity (Wildman–Crippen MR) is 77.5 cm³/mol. The third-order valence-corrected chi connectivity index (χ3v) is 4.37. The maximum Gasteiger partial charge on any atom is 0.239 e. The molecule has 0 bridgehead atoms. The minimum Gasteiger partial charge on any atom is -0.383 e. The van der Waals surface area contributed by atoms with Gasteiger partial charge in [-0.05, 0) is 30.2 Å². The van der Waals surface area contributed by atoms with E-state index in [4.69, 9.17) is 22.1 Å². The second-order valence-corrected chi connectivity index (χ2v) is 6.02. The monoisotopic (exact) mass is 300 g/mol. The van der Waals surface area contributed by atoms with Crippen molar-refractivity contribution in [2.75, 3.05) is 19.5 Å². The number of rotatable bonds is 4. The zero-order chi connectivity index (χ0) is 13.8. The highest BCUT2D eigenvalue weighted by Crippen LogP contribution is 2.37. The molecule has 0 spiro atoms. The van der Waals surface area contributed by atoms with Crippen molar-refractivity contribution < 1.29 is 9.53 Å². The van der Waals surface area contributed by atoms with Gasteiger partial charge < -0.3 is 15.8 Å². The molecule has 19 heavy (non-hydrogen) atoms. The smallest absolute Gasteiger partial charge is 0.239 e. The molecule has 1 aromatic rings. The van der Waals surface area contributed by atoms with E-state index in [1.165, 1.54) is 12.0 Å². The van der Waals surface area contributed by atoms with Gasteiger partial charge in [-0.25, -0.2) is 0 Å². The third-order valence-electron chi connectivity index (χ3n) is 3.01. The van der Waals surface area contributed by atoms with Crippen LogP contribution in [0.5, 0.6) is 0 Å². The standard InChI is InChI=1S/C13H17ClN2O2S/c1-18-7-10(15)13(17)16-11-4-5-19-12-3-2-8(14)6-9(11)12/h2-3,6,10-11H,4-5,7,15H2,1H3,(H,16,17). The Balaban J connectivity index is 2.11. The topological polar surface area (TPSA) is 64.3 Å². The van der Waals surface area contributed by atoms with Gasteiger partial charge in [-0.2, -0.15) is 0 Å². The Morgan fingerprint density at radius 3 is 3.21 bits per heavy atom. The normalized spacial score (nSPS) is 19.6. The van der Waals surface area contributed by atoms with E-state index in [0.29, 0.717) is 5.02 Å². The number of hydrogen-bond acceptors (Lipinski definition) is 4. The third kappa shape index (κ3) is 3.63. The van der Waals surface area contributed by atoms with E-state index in [2.05, 4.69) is 5.32 Å². The predicted octanol–water partition coefficient (Wildman–Crippen LogP) is 1.97. The lowest BCUT2D eigenvalue weighted by molar-refractivity contribution is -0.124. The first-order valence-electron chi connectivity index (χ1n) is 6.09. The molecule has 0 saturated carbocycles. The highest BCUT2D eigenvalue weighted by Gasteiger charge is 2.24. The second-order valence-electron chi connectivity index (χ2n) is 4.44. The lowest BCUT2D eigenvalue weighted by atomic mass is 10.0. The molecule has 0 radical (unpaired) electrons. The molecule has 1 aliphatic heterocycles. The summed E-state index contributed by atoms with van der Waals surface area (Å²) in [5, 5.41) is 3.65. The number of nitrogens with one attached hydrogen (secondary N) is 1. The molecule has 0 saturated heterocycles. The van der Waals surface area contributed by atoms with Crippen LogP contribution in [0.4, 0.5) is 0 Å². The van der Waals surface area contributed by atoms with Crippen LogP contribution in [0.3, 0.4) is 0 Å². The van der Waals surface area contributed by atoms with E-state index in [1.54, 1.807) is 11.8 Å². The molecule has 2 rings (SSSR count). The van der Waals surface area contributed by atoms with Crippen LogP contribution in [0, 0.1) is 0 Å². The Morgan fingerprint density at radius 1 is 1.68 bits per heavy atom. The Kier molecular flexibility index (Phi) is 5.10. The molecule has 4 nitrogen and oxygen atoms in total. The number of carbonyl (C=O) groups is 1. The number of carbonyl (C=O) groups excluding carboxylic acids is 1. The van der Waals surface area contributed by atoms with Crippen molar-refractivity contribution in [3.8, 4) is 0 Å². The Hall–Kier alpha value is -0.750. The summed E-state index contributed by atoms with van der Waals surface area (Å²) in [6.45, 7) is 0.218. The summed E-state index contributed by atoms with van der Waals surface area (Å²) >= 11 is 7.81. The number of halogens is 1. The number of ether oxygens (including phenoxy) is 1. The van der Waals surface area contributed by atoms with Crippen LogP contribution in [0.15, 0.2) is 23.1 Å². The van der Waals surface area contributed by atoms with Crippen molar-refractivity contribution in [2.45, 2.75) is 23.4 Å². The van der Waals surface area contributed by atoms with Gasteiger partial charge in [-0.1, -0.05) is 11.6 Å². The van der Waals surface area contributed by atoms with E-state index in [0.717, 1.165) is 17.7 Å². The van der Waals surface area contributed by atoms with Crippen LogP contribution in [0.25, 0.3) is 0 Å². The molecule has 2 unspecified atom stereocenters. The average molecular weight is 301 g/mol. The number of amides is 1. The molecule has 1 amide bonds. The van der Waals surface area contributed by atoms with Crippen LogP contribution in [-0.4, -0.2) is 31.4 Å². The van der Waals surface area contributed by atoms with Gasteiger partial charge in [0.2, 0.25) is 5.91 Å². The highest BCUT2D eigenvalue weighted by molar-refractivity contribution is 7.99. The van der Waals surface area contributed by atoms with Crippen LogP contribution < -0.4 is 11.1 Å². The molecule has 0 fully saturated rings. The second kappa shape index (κ2) is 6.61. The van der Waals surface area contributed by atoms with E-state index >= 15 is 0 Å². The highest BCUT2D eigenvalue weighted by atomic mass is 35.5. The maximum atomic E-state index is 11.9. The summed E-state index contributed by atoms with van der Waals surface area (Å²) in [7, 11) is 1.53. The lowest BCUT2D eigenvalue weighted by Gasteiger charge is -2.27. The van der Waals surface area contributed by atoms with Crippen molar-refractivity contribution >= 4 is 29.3 Å². The van der Waals surface area contributed by atoms with Crippen molar-refractivity contribution in [2.24, 2.45) is 5.73 Å². The fourth-order valence-corrected chi connectivity index (χ4v) is 3.34. The molecule has 104 valence electrons. The Morgan fingerprint density at radius 2 is 2.47 bits per heavy atom. The van der Waals surface area contributed by atoms with Crippen LogP contribution >= 0.6 is 23.4 Å². The van der Waals surface area contributed by atoms with Gasteiger partial charge in [0.05, 0.1) is 12.6 Å². The van der Waals surface area contributed by atoms with Gasteiger partial charge in [0.15, 0.2) is 0 Å². The molecule has 6 heteroatoms. The first-order chi connectivity index (χ1) is 9.11. The van der Waals surface area contributed by atoms with Crippen LogP contribution in [0.1, 0.15) is 18.0 Å². The first kappa shape index (κ1) is 14.7. The minimum atomic E-state index is -0.637. The van der Waals surface area contributed by atoms with Crippen molar-refractivity contribution in [3.63, 3.8) is 0 Å². The van der Waals surface area contributed by atoms with E-state index in [9.17, 15) is 4.79 Å². The summed E-state index contributed by atoms with van der Waals surface area (Å²) in [6.07, 6.45) is 0.878. The zero-order valence-electron chi connectivity index (χ0n) is 10.7. The SMILES string of the molecule is COCC(N)C(=O)NC1CCSc2ccc(Cl)cc21. The average Bonchev–Trinajstić information content (AvgIpc) is 2.39. The Labute approximate surface area is 122 Å². The lowest BCUT2D eigenvalue weighted by Crippen LogP contribution is -2.45. The summed E-state index contributed by atoms with van der Waals surface area (Å²) in [4.78, 5) is 13.1. The van der Waals surface area contributed by atoms with Gasteiger partial charge in [0, 0.05) is 22.8 Å². The van der Waals surface area contributed by atoms with Gasteiger partial charge in [-0.15, -0.1) is 11.8 Å². The number of methoxy groups -OCH3 is 1. The fourth-order valence-electron chi connectivity index (χ4n) is 2.05. The minimum absolute atomic E-state index is 0.0228. The molecule has 1 aliphatic rings. The van der Waals surface area contributed by atoms with Gasteiger partial charge in [0.25, 0.3) is 0 Å². The van der Waals surface area contributed by atoms with Crippen LogP contribution in [0.2, 0.25) is 5.02 Å². The van der Waals surface area contributed by atoms with E-state index < -0.39 is 6.04 Å². The van der Waals surface area contributed by atoms with Crippen LogP contribution in [-0.2, 0) is 9.53 Å². The summed E-state index contributed by atoms with van der Waals surface area (Å²) in [5.41, 5.74) is 6.80.